The van der Waals surface area contributed by atoms with Crippen LogP contribution in [0.2, 0.25) is 0 Å². The Morgan fingerprint density at radius 2 is 1.70 bits per heavy atom. The van der Waals surface area contributed by atoms with Gasteiger partial charge in [-0.1, -0.05) is 12.1 Å². The van der Waals surface area contributed by atoms with Crippen LogP contribution in [0.4, 0.5) is 0 Å². The smallest absolute Gasteiger partial charge is 0.251 e. The van der Waals surface area contributed by atoms with Gasteiger partial charge in [-0.25, -0.2) is 0 Å². The molecule has 27 heavy (non-hydrogen) atoms. The zero-order chi connectivity index (χ0) is 19.2. The van der Waals surface area contributed by atoms with E-state index >= 15 is 0 Å². The van der Waals surface area contributed by atoms with E-state index in [9.17, 15) is 4.79 Å². The van der Waals surface area contributed by atoms with Crippen LogP contribution in [0.5, 0.6) is 17.2 Å². The molecule has 2 aromatic rings. The van der Waals surface area contributed by atoms with Crippen molar-refractivity contribution in [2.45, 2.75) is 32.7 Å². The maximum Gasteiger partial charge on any atom is 0.251 e. The maximum atomic E-state index is 12.9. The quantitative estimate of drug-likeness (QED) is 0.713. The van der Waals surface area contributed by atoms with E-state index in [1.807, 2.05) is 38.1 Å². The molecule has 0 unspecified atom stereocenters. The molecule has 1 aliphatic carbocycles. The van der Waals surface area contributed by atoms with Crippen molar-refractivity contribution >= 4 is 5.91 Å². The van der Waals surface area contributed by atoms with Gasteiger partial charge in [-0.15, -0.1) is 0 Å². The summed E-state index contributed by atoms with van der Waals surface area (Å²) in [4.78, 5) is 12.9. The van der Waals surface area contributed by atoms with Gasteiger partial charge in [0.1, 0.15) is 5.75 Å². The topological polar surface area (TPSA) is 56.8 Å². The molecule has 0 saturated heterocycles. The van der Waals surface area contributed by atoms with E-state index in [0.717, 1.165) is 24.2 Å². The average Bonchev–Trinajstić information content (AvgIpc) is 3.53. The Balaban J connectivity index is 1.78. The predicted octanol–water partition coefficient (Wildman–Crippen LogP) is 4.37. The Morgan fingerprint density at radius 1 is 1.04 bits per heavy atom. The van der Waals surface area contributed by atoms with Gasteiger partial charge in [0, 0.05) is 5.56 Å². The van der Waals surface area contributed by atoms with Gasteiger partial charge in [0.25, 0.3) is 5.91 Å². The number of ether oxygens (including phenoxy) is 3. The van der Waals surface area contributed by atoms with Crippen molar-refractivity contribution in [2.75, 3.05) is 20.3 Å². The molecule has 1 N–H and O–H groups in total. The molecule has 3 rings (SSSR count). The maximum absolute atomic E-state index is 12.9. The molecule has 5 nitrogen and oxygen atoms in total. The number of rotatable bonds is 9. The second-order valence-electron chi connectivity index (χ2n) is 6.59. The summed E-state index contributed by atoms with van der Waals surface area (Å²) in [6.45, 7) is 4.90. The van der Waals surface area contributed by atoms with Gasteiger partial charge in [-0.2, -0.15) is 0 Å². The highest BCUT2D eigenvalue weighted by molar-refractivity contribution is 5.95. The minimum atomic E-state index is -0.105. The molecule has 0 aromatic heterocycles. The molecule has 1 atom stereocenters. The van der Waals surface area contributed by atoms with Crippen molar-refractivity contribution in [3.8, 4) is 17.2 Å². The fraction of sp³-hybridized carbons (Fsp3) is 0.409. The van der Waals surface area contributed by atoms with Crippen molar-refractivity contribution in [3.05, 3.63) is 53.6 Å². The van der Waals surface area contributed by atoms with Gasteiger partial charge in [-0.3, -0.25) is 4.79 Å². The molecular weight excluding hydrogens is 342 g/mol. The number of hydrogen-bond acceptors (Lipinski definition) is 4. The van der Waals surface area contributed by atoms with Crippen molar-refractivity contribution in [1.29, 1.82) is 0 Å². The standard InChI is InChI=1S/C22H27NO4/c1-4-26-19-13-10-17(14-20(19)27-5-2)22(24)23-21(15-6-7-15)16-8-11-18(25-3)12-9-16/h8-15,21H,4-7H2,1-3H3,(H,23,24)/t21-/m0/s1. The first-order valence-corrected chi connectivity index (χ1v) is 9.50. The Labute approximate surface area is 160 Å². The monoisotopic (exact) mass is 369 g/mol. The lowest BCUT2D eigenvalue weighted by atomic mass is 10.0. The summed E-state index contributed by atoms with van der Waals surface area (Å²) in [6, 6.07) is 13.2. The summed E-state index contributed by atoms with van der Waals surface area (Å²) in [5.74, 6) is 2.44. The summed E-state index contributed by atoms with van der Waals surface area (Å²) in [6.07, 6.45) is 2.26. The Bertz CT molecular complexity index is 768. The largest absolute Gasteiger partial charge is 0.497 e. The second kappa shape index (κ2) is 8.80. The molecule has 1 aliphatic rings. The summed E-state index contributed by atoms with van der Waals surface area (Å²) < 4.78 is 16.4. The molecule has 1 fully saturated rings. The molecule has 0 aliphatic heterocycles. The number of nitrogens with one attached hydrogen (secondary N) is 1. The summed E-state index contributed by atoms with van der Waals surface area (Å²) in [5, 5.41) is 3.19. The zero-order valence-electron chi connectivity index (χ0n) is 16.2. The van der Waals surface area contributed by atoms with E-state index < -0.39 is 0 Å². The molecule has 1 saturated carbocycles. The first kappa shape index (κ1) is 19.1. The lowest BCUT2D eigenvalue weighted by Crippen LogP contribution is -2.29. The number of carbonyl (C=O) groups excluding carboxylic acids is 1. The van der Waals surface area contributed by atoms with E-state index in [1.54, 1.807) is 25.3 Å². The predicted molar refractivity (Wildman–Crippen MR) is 105 cm³/mol. The van der Waals surface area contributed by atoms with Gasteiger partial charge in [0.2, 0.25) is 0 Å². The first-order chi connectivity index (χ1) is 13.2. The highest BCUT2D eigenvalue weighted by Gasteiger charge is 2.33. The van der Waals surface area contributed by atoms with Crippen LogP contribution < -0.4 is 19.5 Å². The van der Waals surface area contributed by atoms with Crippen LogP contribution in [-0.2, 0) is 0 Å². The molecule has 0 bridgehead atoms. The van der Waals surface area contributed by atoms with Crippen LogP contribution >= 0.6 is 0 Å². The number of amides is 1. The number of methoxy groups -OCH3 is 1. The van der Waals surface area contributed by atoms with Crippen LogP contribution in [0.25, 0.3) is 0 Å². The van der Waals surface area contributed by atoms with E-state index in [1.165, 1.54) is 0 Å². The molecule has 144 valence electrons. The lowest BCUT2D eigenvalue weighted by Gasteiger charge is -2.20. The molecule has 0 radical (unpaired) electrons. The lowest BCUT2D eigenvalue weighted by molar-refractivity contribution is 0.0931. The zero-order valence-corrected chi connectivity index (χ0v) is 16.2. The number of benzene rings is 2. The molecule has 2 aromatic carbocycles. The van der Waals surface area contributed by atoms with E-state index in [0.29, 0.717) is 36.2 Å². The third-order valence-corrected chi connectivity index (χ3v) is 4.66. The van der Waals surface area contributed by atoms with Crippen LogP contribution in [0.1, 0.15) is 48.7 Å². The molecule has 1 amide bonds. The summed E-state index contributed by atoms with van der Waals surface area (Å²) >= 11 is 0. The van der Waals surface area contributed by atoms with Crippen LogP contribution in [0.15, 0.2) is 42.5 Å². The van der Waals surface area contributed by atoms with Gasteiger partial charge < -0.3 is 19.5 Å². The van der Waals surface area contributed by atoms with Crippen molar-refractivity contribution in [1.82, 2.24) is 5.32 Å². The first-order valence-electron chi connectivity index (χ1n) is 9.50. The van der Waals surface area contributed by atoms with Crippen molar-refractivity contribution in [2.24, 2.45) is 5.92 Å². The van der Waals surface area contributed by atoms with Gasteiger partial charge in [-0.05, 0) is 68.5 Å². The van der Waals surface area contributed by atoms with Crippen LogP contribution in [-0.4, -0.2) is 26.2 Å². The van der Waals surface area contributed by atoms with E-state index in [4.69, 9.17) is 14.2 Å². The minimum absolute atomic E-state index is 0.00511. The van der Waals surface area contributed by atoms with E-state index in [2.05, 4.69) is 5.32 Å². The normalized spacial score (nSPS) is 14.3. The highest BCUT2D eigenvalue weighted by Crippen LogP contribution is 2.41. The Kier molecular flexibility index (Phi) is 6.22. The Hall–Kier alpha value is -2.69. The Morgan fingerprint density at radius 3 is 2.30 bits per heavy atom. The van der Waals surface area contributed by atoms with E-state index in [-0.39, 0.29) is 11.9 Å². The molecular formula is C22H27NO4. The third kappa shape index (κ3) is 4.73. The van der Waals surface area contributed by atoms with Gasteiger partial charge in [0.15, 0.2) is 11.5 Å². The fourth-order valence-corrected chi connectivity index (χ4v) is 3.13. The summed E-state index contributed by atoms with van der Waals surface area (Å²) in [5.41, 5.74) is 1.67. The van der Waals surface area contributed by atoms with Crippen LogP contribution in [0.3, 0.4) is 0 Å². The SMILES string of the molecule is CCOc1ccc(C(=O)N[C@H](c2ccc(OC)cc2)C2CC2)cc1OCC. The highest BCUT2D eigenvalue weighted by atomic mass is 16.5. The van der Waals surface area contributed by atoms with Gasteiger partial charge in [0.05, 0.1) is 26.4 Å². The van der Waals surface area contributed by atoms with Crippen molar-refractivity contribution in [3.63, 3.8) is 0 Å². The summed E-state index contributed by atoms with van der Waals surface area (Å²) in [7, 11) is 1.65. The van der Waals surface area contributed by atoms with Crippen LogP contribution in [0, 0.1) is 5.92 Å². The number of carbonyl (C=O) groups is 1. The molecule has 0 spiro atoms. The molecule has 5 heteroatoms. The fourth-order valence-electron chi connectivity index (χ4n) is 3.13. The minimum Gasteiger partial charge on any atom is -0.497 e. The van der Waals surface area contributed by atoms with Crippen molar-refractivity contribution < 1.29 is 19.0 Å². The number of hydrogen-bond donors (Lipinski definition) is 1. The second-order valence-corrected chi connectivity index (χ2v) is 6.59. The van der Waals surface area contributed by atoms with Gasteiger partial charge >= 0.3 is 0 Å². The third-order valence-electron chi connectivity index (χ3n) is 4.66. The average molecular weight is 369 g/mol. The molecule has 0 heterocycles.